The van der Waals surface area contributed by atoms with Gasteiger partial charge in [0.2, 0.25) is 0 Å². The molecule has 2 atom stereocenters. The summed E-state index contributed by atoms with van der Waals surface area (Å²) in [5.41, 5.74) is 2.36. The van der Waals surface area contributed by atoms with Crippen molar-refractivity contribution in [3.8, 4) is 0 Å². The Bertz CT molecular complexity index is 271. The van der Waals surface area contributed by atoms with Crippen LogP contribution in [0.25, 0.3) is 0 Å². The highest BCUT2D eigenvalue weighted by molar-refractivity contribution is 5.25. The van der Waals surface area contributed by atoms with Crippen LogP contribution in [0.2, 0.25) is 0 Å². The second kappa shape index (κ2) is 4.40. The number of hydrogen-bond donors (Lipinski definition) is 2. The van der Waals surface area contributed by atoms with Crippen molar-refractivity contribution in [2.45, 2.75) is 26.0 Å². The normalized spacial score (nSPS) is 15.4. The van der Waals surface area contributed by atoms with Crippen LogP contribution in [0.4, 0.5) is 0 Å². The number of rotatable bonds is 3. The SMILES string of the molecule is CNC(c1cccc(C)c1)C(C)O. The van der Waals surface area contributed by atoms with Gasteiger partial charge in [-0.1, -0.05) is 29.8 Å². The number of likely N-dealkylation sites (N-methyl/N-ethyl adjacent to an activating group) is 1. The summed E-state index contributed by atoms with van der Waals surface area (Å²) < 4.78 is 0. The number of aliphatic hydroxyl groups is 1. The molecule has 2 heteroatoms. The van der Waals surface area contributed by atoms with E-state index in [4.69, 9.17) is 0 Å². The van der Waals surface area contributed by atoms with Crippen molar-refractivity contribution < 1.29 is 5.11 Å². The first-order valence-electron chi connectivity index (χ1n) is 4.57. The van der Waals surface area contributed by atoms with Crippen LogP contribution in [0.15, 0.2) is 24.3 Å². The molecule has 1 rings (SSSR count). The number of aliphatic hydroxyl groups excluding tert-OH is 1. The molecule has 0 spiro atoms. The van der Waals surface area contributed by atoms with Gasteiger partial charge in [0.25, 0.3) is 0 Å². The number of aryl methyl sites for hydroxylation is 1. The van der Waals surface area contributed by atoms with E-state index >= 15 is 0 Å². The van der Waals surface area contributed by atoms with Gasteiger partial charge in [0.1, 0.15) is 0 Å². The Morgan fingerprint density at radius 2 is 2.08 bits per heavy atom. The molecule has 2 unspecified atom stereocenters. The standard InChI is InChI=1S/C11H17NO/c1-8-5-4-6-10(7-8)11(12-3)9(2)13/h4-7,9,11-13H,1-3H3. The zero-order chi connectivity index (χ0) is 9.84. The Kier molecular flexibility index (Phi) is 3.46. The lowest BCUT2D eigenvalue weighted by Gasteiger charge is -2.19. The molecular weight excluding hydrogens is 162 g/mol. The third-order valence-electron chi connectivity index (χ3n) is 2.19. The number of benzene rings is 1. The summed E-state index contributed by atoms with van der Waals surface area (Å²) in [5.74, 6) is 0. The predicted molar refractivity (Wildman–Crippen MR) is 54.7 cm³/mol. The van der Waals surface area contributed by atoms with Gasteiger partial charge in [-0.05, 0) is 26.5 Å². The first-order chi connectivity index (χ1) is 6.15. The molecule has 1 aromatic carbocycles. The van der Waals surface area contributed by atoms with Gasteiger partial charge in [-0.25, -0.2) is 0 Å². The minimum Gasteiger partial charge on any atom is -0.391 e. The lowest BCUT2D eigenvalue weighted by atomic mass is 10.0. The fourth-order valence-electron chi connectivity index (χ4n) is 1.55. The minimum absolute atomic E-state index is 0.0277. The van der Waals surface area contributed by atoms with E-state index in [1.54, 1.807) is 6.92 Å². The zero-order valence-corrected chi connectivity index (χ0v) is 8.41. The Morgan fingerprint density at radius 3 is 2.54 bits per heavy atom. The van der Waals surface area contributed by atoms with Crippen LogP contribution in [0, 0.1) is 6.92 Å². The van der Waals surface area contributed by atoms with Gasteiger partial charge >= 0.3 is 0 Å². The largest absolute Gasteiger partial charge is 0.391 e. The zero-order valence-electron chi connectivity index (χ0n) is 8.41. The molecule has 0 aromatic heterocycles. The third kappa shape index (κ3) is 2.54. The lowest BCUT2D eigenvalue weighted by molar-refractivity contribution is 0.150. The summed E-state index contributed by atoms with van der Waals surface area (Å²) >= 11 is 0. The fraction of sp³-hybridized carbons (Fsp3) is 0.455. The van der Waals surface area contributed by atoms with Gasteiger partial charge in [0, 0.05) is 0 Å². The molecule has 0 aliphatic rings. The maximum absolute atomic E-state index is 9.49. The molecule has 2 nitrogen and oxygen atoms in total. The Morgan fingerprint density at radius 1 is 1.38 bits per heavy atom. The van der Waals surface area contributed by atoms with E-state index in [0.717, 1.165) is 5.56 Å². The molecule has 0 radical (unpaired) electrons. The van der Waals surface area contributed by atoms with E-state index in [0.29, 0.717) is 0 Å². The first kappa shape index (κ1) is 10.2. The van der Waals surface area contributed by atoms with E-state index in [-0.39, 0.29) is 12.1 Å². The quantitative estimate of drug-likeness (QED) is 0.739. The second-order valence-corrected chi connectivity index (χ2v) is 3.42. The molecule has 0 amide bonds. The van der Waals surface area contributed by atoms with Crippen molar-refractivity contribution in [1.82, 2.24) is 5.32 Å². The number of nitrogens with one attached hydrogen (secondary N) is 1. The van der Waals surface area contributed by atoms with Crippen LogP contribution in [0.3, 0.4) is 0 Å². The monoisotopic (exact) mass is 179 g/mol. The fourth-order valence-corrected chi connectivity index (χ4v) is 1.55. The van der Waals surface area contributed by atoms with Crippen molar-refractivity contribution in [3.63, 3.8) is 0 Å². The topological polar surface area (TPSA) is 32.3 Å². The lowest BCUT2D eigenvalue weighted by Crippen LogP contribution is -2.26. The first-order valence-corrected chi connectivity index (χ1v) is 4.57. The van der Waals surface area contributed by atoms with Crippen molar-refractivity contribution in [2.24, 2.45) is 0 Å². The van der Waals surface area contributed by atoms with Crippen LogP contribution >= 0.6 is 0 Å². The summed E-state index contributed by atoms with van der Waals surface area (Å²) in [6.45, 7) is 3.85. The maximum atomic E-state index is 9.49. The smallest absolute Gasteiger partial charge is 0.0706 e. The molecule has 72 valence electrons. The molecule has 0 saturated carbocycles. The highest BCUT2D eigenvalue weighted by Crippen LogP contribution is 2.17. The van der Waals surface area contributed by atoms with Crippen LogP contribution < -0.4 is 5.32 Å². The second-order valence-electron chi connectivity index (χ2n) is 3.42. The highest BCUT2D eigenvalue weighted by Gasteiger charge is 2.14. The van der Waals surface area contributed by atoms with Crippen molar-refractivity contribution in [3.05, 3.63) is 35.4 Å². The molecule has 0 aliphatic heterocycles. The van der Waals surface area contributed by atoms with Crippen molar-refractivity contribution in [1.29, 1.82) is 0 Å². The van der Waals surface area contributed by atoms with Gasteiger partial charge in [0.05, 0.1) is 12.1 Å². The van der Waals surface area contributed by atoms with Crippen LogP contribution in [-0.4, -0.2) is 18.3 Å². The van der Waals surface area contributed by atoms with Gasteiger partial charge in [-0.2, -0.15) is 0 Å². The van der Waals surface area contributed by atoms with E-state index in [2.05, 4.69) is 24.4 Å². The average molecular weight is 179 g/mol. The summed E-state index contributed by atoms with van der Waals surface area (Å²) in [6, 6.07) is 8.21. The van der Waals surface area contributed by atoms with E-state index in [1.165, 1.54) is 5.56 Å². The Balaban J connectivity index is 2.91. The molecule has 1 aromatic rings. The summed E-state index contributed by atoms with van der Waals surface area (Å²) in [4.78, 5) is 0. The molecule has 13 heavy (non-hydrogen) atoms. The predicted octanol–water partition coefficient (Wildman–Crippen LogP) is 1.64. The molecule has 2 N–H and O–H groups in total. The summed E-state index contributed by atoms with van der Waals surface area (Å²) in [6.07, 6.45) is -0.369. The Labute approximate surface area is 79.6 Å². The van der Waals surface area contributed by atoms with E-state index in [1.807, 2.05) is 19.2 Å². The minimum atomic E-state index is -0.369. The summed E-state index contributed by atoms with van der Waals surface area (Å²) in [7, 11) is 1.86. The Hall–Kier alpha value is -0.860. The van der Waals surface area contributed by atoms with Crippen molar-refractivity contribution >= 4 is 0 Å². The summed E-state index contributed by atoms with van der Waals surface area (Å²) in [5, 5.41) is 12.6. The van der Waals surface area contributed by atoms with Gasteiger partial charge in [0.15, 0.2) is 0 Å². The molecule has 0 aliphatic carbocycles. The molecule has 0 fully saturated rings. The highest BCUT2D eigenvalue weighted by atomic mass is 16.3. The average Bonchev–Trinajstić information content (AvgIpc) is 2.04. The van der Waals surface area contributed by atoms with Gasteiger partial charge in [-0.15, -0.1) is 0 Å². The third-order valence-corrected chi connectivity index (χ3v) is 2.19. The maximum Gasteiger partial charge on any atom is 0.0706 e. The van der Waals surface area contributed by atoms with Gasteiger partial charge < -0.3 is 10.4 Å². The molecule has 0 bridgehead atoms. The molecule has 0 saturated heterocycles. The number of hydrogen-bond acceptors (Lipinski definition) is 2. The van der Waals surface area contributed by atoms with E-state index < -0.39 is 0 Å². The van der Waals surface area contributed by atoms with Crippen molar-refractivity contribution in [2.75, 3.05) is 7.05 Å². The van der Waals surface area contributed by atoms with Crippen LogP contribution in [-0.2, 0) is 0 Å². The van der Waals surface area contributed by atoms with E-state index in [9.17, 15) is 5.11 Å². The van der Waals surface area contributed by atoms with Crippen LogP contribution in [0.1, 0.15) is 24.1 Å². The van der Waals surface area contributed by atoms with Crippen LogP contribution in [0.5, 0.6) is 0 Å². The molecular formula is C11H17NO. The van der Waals surface area contributed by atoms with Gasteiger partial charge in [-0.3, -0.25) is 0 Å². The molecule has 0 heterocycles.